The Labute approximate surface area is 190 Å². The summed E-state index contributed by atoms with van der Waals surface area (Å²) in [6.45, 7) is 6.55. The van der Waals surface area contributed by atoms with Gasteiger partial charge < -0.3 is 15.2 Å². The SMILES string of the molecule is CCn1c(SCC(=O)Nc2cccc(F)c2)nnc1C(NC(=O)c1ccccc1)C(C)C. The molecule has 2 N–H and O–H groups in total. The summed E-state index contributed by atoms with van der Waals surface area (Å²) < 4.78 is 15.2. The van der Waals surface area contributed by atoms with Crippen LogP contribution in [0.3, 0.4) is 0 Å². The molecule has 2 amide bonds. The van der Waals surface area contributed by atoms with Gasteiger partial charge in [0.25, 0.3) is 5.91 Å². The monoisotopic (exact) mass is 455 g/mol. The minimum absolute atomic E-state index is 0.0753. The average molecular weight is 456 g/mol. The second kappa shape index (κ2) is 10.9. The maximum absolute atomic E-state index is 13.3. The number of carbonyl (C=O) groups is 2. The van der Waals surface area contributed by atoms with Gasteiger partial charge in [-0.2, -0.15) is 0 Å². The average Bonchev–Trinajstić information content (AvgIpc) is 3.18. The number of halogens is 1. The largest absolute Gasteiger partial charge is 0.342 e. The quantitative estimate of drug-likeness (QED) is 0.470. The molecule has 9 heteroatoms. The highest BCUT2D eigenvalue weighted by Crippen LogP contribution is 2.25. The summed E-state index contributed by atoms with van der Waals surface area (Å²) in [5.74, 6) is -0.0596. The van der Waals surface area contributed by atoms with Gasteiger partial charge in [-0.05, 0) is 43.2 Å². The van der Waals surface area contributed by atoms with Gasteiger partial charge in [0.15, 0.2) is 11.0 Å². The van der Waals surface area contributed by atoms with Crippen LogP contribution in [-0.2, 0) is 11.3 Å². The van der Waals surface area contributed by atoms with Crippen molar-refractivity contribution in [2.75, 3.05) is 11.1 Å². The third kappa shape index (κ3) is 5.94. The van der Waals surface area contributed by atoms with E-state index in [0.29, 0.717) is 28.8 Å². The van der Waals surface area contributed by atoms with Crippen molar-refractivity contribution < 1.29 is 14.0 Å². The lowest BCUT2D eigenvalue weighted by Gasteiger charge is -2.22. The van der Waals surface area contributed by atoms with Gasteiger partial charge in [-0.3, -0.25) is 9.59 Å². The lowest BCUT2D eigenvalue weighted by atomic mass is 10.0. The molecule has 3 aromatic rings. The molecule has 0 bridgehead atoms. The first-order chi connectivity index (χ1) is 15.4. The summed E-state index contributed by atoms with van der Waals surface area (Å²) >= 11 is 1.24. The molecule has 0 spiro atoms. The fourth-order valence-corrected chi connectivity index (χ4v) is 3.98. The Bertz CT molecular complexity index is 1070. The zero-order valence-corrected chi connectivity index (χ0v) is 19.0. The van der Waals surface area contributed by atoms with Crippen molar-refractivity contribution in [1.29, 1.82) is 0 Å². The number of hydrogen-bond donors (Lipinski definition) is 2. The summed E-state index contributed by atoms with van der Waals surface area (Å²) in [5, 5.41) is 14.9. The van der Waals surface area contributed by atoms with E-state index in [4.69, 9.17) is 0 Å². The summed E-state index contributed by atoms with van der Waals surface area (Å²) in [7, 11) is 0. The topological polar surface area (TPSA) is 88.9 Å². The van der Waals surface area contributed by atoms with Crippen LogP contribution in [0.2, 0.25) is 0 Å². The molecule has 1 atom stereocenters. The van der Waals surface area contributed by atoms with Crippen LogP contribution >= 0.6 is 11.8 Å². The van der Waals surface area contributed by atoms with E-state index < -0.39 is 5.82 Å². The molecular formula is C23H26FN5O2S. The molecule has 0 saturated heterocycles. The normalized spacial score (nSPS) is 11.9. The molecule has 0 saturated carbocycles. The van der Waals surface area contributed by atoms with Gasteiger partial charge >= 0.3 is 0 Å². The van der Waals surface area contributed by atoms with Crippen LogP contribution in [0.4, 0.5) is 10.1 Å². The van der Waals surface area contributed by atoms with E-state index in [0.717, 1.165) is 0 Å². The summed E-state index contributed by atoms with van der Waals surface area (Å²) in [4.78, 5) is 25.0. The molecule has 168 valence electrons. The van der Waals surface area contributed by atoms with E-state index in [1.807, 2.05) is 43.5 Å². The number of amides is 2. The highest BCUT2D eigenvalue weighted by atomic mass is 32.2. The van der Waals surface area contributed by atoms with Gasteiger partial charge in [-0.15, -0.1) is 10.2 Å². The minimum Gasteiger partial charge on any atom is -0.342 e. The third-order valence-corrected chi connectivity index (χ3v) is 5.74. The Morgan fingerprint density at radius 1 is 1.09 bits per heavy atom. The highest BCUT2D eigenvalue weighted by Gasteiger charge is 2.26. The van der Waals surface area contributed by atoms with Gasteiger partial charge in [0.05, 0.1) is 11.8 Å². The number of aromatic nitrogens is 3. The van der Waals surface area contributed by atoms with Crippen LogP contribution in [0.5, 0.6) is 0 Å². The standard InChI is InChI=1S/C23H26FN5O2S/c1-4-29-21(20(15(2)3)26-22(31)16-9-6-5-7-10-16)27-28-23(29)32-14-19(30)25-18-12-8-11-17(24)13-18/h5-13,15,20H,4,14H2,1-3H3,(H,25,30)(H,26,31). The molecule has 32 heavy (non-hydrogen) atoms. The molecule has 0 fully saturated rings. The van der Waals surface area contributed by atoms with Gasteiger partial charge in [0, 0.05) is 17.8 Å². The second-order valence-corrected chi connectivity index (χ2v) is 8.44. The molecule has 0 aliphatic heterocycles. The molecule has 1 unspecified atom stereocenters. The number of benzene rings is 2. The lowest BCUT2D eigenvalue weighted by Crippen LogP contribution is -2.33. The van der Waals surface area contributed by atoms with Crippen molar-refractivity contribution in [3.63, 3.8) is 0 Å². The Morgan fingerprint density at radius 3 is 2.50 bits per heavy atom. The van der Waals surface area contributed by atoms with Crippen LogP contribution in [-0.4, -0.2) is 32.3 Å². The maximum Gasteiger partial charge on any atom is 0.251 e. The summed E-state index contributed by atoms with van der Waals surface area (Å²) in [6.07, 6.45) is 0. The van der Waals surface area contributed by atoms with E-state index in [9.17, 15) is 14.0 Å². The molecule has 0 aliphatic rings. The van der Waals surface area contributed by atoms with Crippen molar-refractivity contribution >= 4 is 29.3 Å². The first-order valence-corrected chi connectivity index (χ1v) is 11.3. The zero-order valence-electron chi connectivity index (χ0n) is 18.2. The van der Waals surface area contributed by atoms with Crippen molar-refractivity contribution in [3.05, 3.63) is 71.8 Å². The highest BCUT2D eigenvalue weighted by molar-refractivity contribution is 7.99. The zero-order chi connectivity index (χ0) is 23.1. The Balaban J connectivity index is 1.70. The summed E-state index contributed by atoms with van der Waals surface area (Å²) in [6, 6.07) is 14.4. The predicted molar refractivity (Wildman–Crippen MR) is 123 cm³/mol. The fraction of sp³-hybridized carbons (Fsp3) is 0.304. The molecular weight excluding hydrogens is 429 g/mol. The second-order valence-electron chi connectivity index (χ2n) is 7.49. The van der Waals surface area contributed by atoms with Crippen molar-refractivity contribution in [2.24, 2.45) is 5.92 Å². The Kier molecular flexibility index (Phi) is 7.99. The number of hydrogen-bond acceptors (Lipinski definition) is 5. The van der Waals surface area contributed by atoms with Crippen LogP contribution < -0.4 is 10.6 Å². The fourth-order valence-electron chi connectivity index (χ4n) is 3.17. The third-order valence-electron chi connectivity index (χ3n) is 4.77. The van der Waals surface area contributed by atoms with E-state index >= 15 is 0 Å². The number of nitrogens with one attached hydrogen (secondary N) is 2. The van der Waals surface area contributed by atoms with Crippen LogP contribution in [0.25, 0.3) is 0 Å². The Hall–Kier alpha value is -3.20. The van der Waals surface area contributed by atoms with Crippen molar-refractivity contribution in [3.8, 4) is 0 Å². The lowest BCUT2D eigenvalue weighted by molar-refractivity contribution is -0.113. The van der Waals surface area contributed by atoms with Crippen LogP contribution in [0.1, 0.15) is 43.0 Å². The predicted octanol–water partition coefficient (Wildman–Crippen LogP) is 4.30. The first kappa shape index (κ1) is 23.5. The van der Waals surface area contributed by atoms with Crippen molar-refractivity contribution in [2.45, 2.75) is 38.5 Å². The van der Waals surface area contributed by atoms with E-state index in [-0.39, 0.29) is 29.5 Å². The molecule has 3 rings (SSSR count). The van der Waals surface area contributed by atoms with Crippen molar-refractivity contribution in [1.82, 2.24) is 20.1 Å². The smallest absolute Gasteiger partial charge is 0.251 e. The van der Waals surface area contributed by atoms with Crippen LogP contribution in [0, 0.1) is 11.7 Å². The number of thioether (sulfide) groups is 1. The number of rotatable bonds is 9. The van der Waals surface area contributed by atoms with E-state index in [1.54, 1.807) is 18.2 Å². The van der Waals surface area contributed by atoms with E-state index in [1.165, 1.54) is 30.0 Å². The summed E-state index contributed by atoms with van der Waals surface area (Å²) in [5.41, 5.74) is 0.973. The molecule has 0 aliphatic carbocycles. The molecule has 1 heterocycles. The maximum atomic E-state index is 13.3. The van der Waals surface area contributed by atoms with Gasteiger partial charge in [-0.1, -0.05) is 49.9 Å². The van der Waals surface area contributed by atoms with E-state index in [2.05, 4.69) is 20.8 Å². The molecule has 2 aromatic carbocycles. The number of carbonyl (C=O) groups excluding carboxylic acids is 2. The number of nitrogens with zero attached hydrogens (tertiary/aromatic N) is 3. The molecule has 1 aromatic heterocycles. The first-order valence-electron chi connectivity index (χ1n) is 10.4. The Morgan fingerprint density at radius 2 is 1.84 bits per heavy atom. The molecule has 0 radical (unpaired) electrons. The molecule has 7 nitrogen and oxygen atoms in total. The van der Waals surface area contributed by atoms with Gasteiger partial charge in [0.2, 0.25) is 5.91 Å². The minimum atomic E-state index is -0.414. The van der Waals surface area contributed by atoms with Gasteiger partial charge in [0.1, 0.15) is 5.82 Å². The van der Waals surface area contributed by atoms with Crippen LogP contribution in [0.15, 0.2) is 59.8 Å². The van der Waals surface area contributed by atoms with Gasteiger partial charge in [-0.25, -0.2) is 4.39 Å². The number of anilines is 1.